The molecule has 31 heavy (non-hydrogen) atoms. The zero-order chi connectivity index (χ0) is 21.2. The van der Waals surface area contributed by atoms with Crippen LogP contribution < -0.4 is 19.1 Å². The molecule has 0 N–H and O–H groups in total. The second-order valence-electron chi connectivity index (χ2n) is 6.76. The van der Waals surface area contributed by atoms with Crippen LogP contribution in [0, 0.1) is 0 Å². The number of nitrogens with zero attached hydrogens (tertiary/aromatic N) is 2. The van der Waals surface area contributed by atoms with Gasteiger partial charge in [0.1, 0.15) is 5.75 Å². The van der Waals surface area contributed by atoms with Crippen LogP contribution >= 0.6 is 11.8 Å². The van der Waals surface area contributed by atoms with Gasteiger partial charge >= 0.3 is 0 Å². The topological polar surface area (TPSA) is 60.4 Å². The van der Waals surface area contributed by atoms with Gasteiger partial charge in [0.05, 0.1) is 23.4 Å². The molecule has 0 unspecified atom stereocenters. The summed E-state index contributed by atoms with van der Waals surface area (Å²) in [6.07, 6.45) is 1.80. The van der Waals surface area contributed by atoms with Gasteiger partial charge in [-0.3, -0.25) is 9.69 Å². The van der Waals surface area contributed by atoms with E-state index < -0.39 is 0 Å². The summed E-state index contributed by atoms with van der Waals surface area (Å²) in [6.45, 7) is 0.169. The van der Waals surface area contributed by atoms with E-state index in [1.165, 1.54) is 11.8 Å². The Morgan fingerprint density at radius 3 is 2.39 bits per heavy atom. The average molecular weight is 430 g/mol. The van der Waals surface area contributed by atoms with Crippen molar-refractivity contribution in [3.05, 3.63) is 83.3 Å². The number of thioether (sulfide) groups is 1. The van der Waals surface area contributed by atoms with E-state index in [0.717, 1.165) is 16.9 Å². The van der Waals surface area contributed by atoms with Gasteiger partial charge in [-0.15, -0.1) is 0 Å². The Labute approximate surface area is 183 Å². The first-order valence-corrected chi connectivity index (χ1v) is 10.4. The molecular weight excluding hydrogens is 412 g/mol. The molecule has 0 spiro atoms. The van der Waals surface area contributed by atoms with Crippen LogP contribution in [0.5, 0.6) is 17.2 Å². The number of anilines is 1. The largest absolute Gasteiger partial charge is 0.496 e. The maximum absolute atomic E-state index is 13.4. The molecule has 7 heteroatoms. The highest BCUT2D eigenvalue weighted by Gasteiger charge is 2.35. The zero-order valence-corrected chi connectivity index (χ0v) is 17.5. The van der Waals surface area contributed by atoms with E-state index in [1.54, 1.807) is 24.2 Å². The number of methoxy groups -OCH3 is 1. The van der Waals surface area contributed by atoms with Crippen molar-refractivity contribution in [2.24, 2.45) is 4.99 Å². The number of amides is 1. The minimum atomic E-state index is -0.148. The average Bonchev–Trinajstić information content (AvgIpc) is 3.38. The van der Waals surface area contributed by atoms with Crippen LogP contribution in [0.3, 0.4) is 0 Å². The summed E-state index contributed by atoms with van der Waals surface area (Å²) in [6, 6.07) is 22.7. The Balaban J connectivity index is 1.58. The van der Waals surface area contributed by atoms with Crippen molar-refractivity contribution in [2.75, 3.05) is 18.8 Å². The van der Waals surface area contributed by atoms with Crippen molar-refractivity contribution < 1.29 is 19.0 Å². The van der Waals surface area contributed by atoms with Gasteiger partial charge in [-0.1, -0.05) is 36.4 Å². The number of ether oxygens (including phenoxy) is 3. The zero-order valence-electron chi connectivity index (χ0n) is 16.6. The van der Waals surface area contributed by atoms with Crippen LogP contribution in [0.2, 0.25) is 0 Å². The van der Waals surface area contributed by atoms with Crippen molar-refractivity contribution in [2.45, 2.75) is 0 Å². The Bertz CT molecular complexity index is 1190. The number of aliphatic imine (C=N–C) groups is 1. The van der Waals surface area contributed by atoms with Crippen molar-refractivity contribution >= 4 is 40.3 Å². The van der Waals surface area contributed by atoms with Gasteiger partial charge in [0.25, 0.3) is 5.91 Å². The van der Waals surface area contributed by atoms with E-state index in [9.17, 15) is 4.79 Å². The molecule has 6 nitrogen and oxygen atoms in total. The van der Waals surface area contributed by atoms with Crippen LogP contribution in [-0.2, 0) is 4.79 Å². The highest BCUT2D eigenvalue weighted by atomic mass is 32.2. The van der Waals surface area contributed by atoms with Gasteiger partial charge in [0.2, 0.25) is 6.79 Å². The predicted octanol–water partition coefficient (Wildman–Crippen LogP) is 5.23. The summed E-state index contributed by atoms with van der Waals surface area (Å²) in [5, 5.41) is 0.591. The van der Waals surface area contributed by atoms with Crippen molar-refractivity contribution in [3.63, 3.8) is 0 Å². The Kier molecular flexibility index (Phi) is 5.09. The van der Waals surface area contributed by atoms with Crippen LogP contribution in [0.15, 0.2) is 82.7 Å². The lowest BCUT2D eigenvalue weighted by atomic mass is 10.1. The lowest BCUT2D eigenvalue weighted by molar-refractivity contribution is -0.113. The minimum Gasteiger partial charge on any atom is -0.496 e. The van der Waals surface area contributed by atoms with Crippen LogP contribution in [-0.4, -0.2) is 25.0 Å². The van der Waals surface area contributed by atoms with Gasteiger partial charge < -0.3 is 14.2 Å². The quantitative estimate of drug-likeness (QED) is 0.530. The lowest BCUT2D eigenvalue weighted by Crippen LogP contribution is -2.28. The summed E-state index contributed by atoms with van der Waals surface area (Å²) >= 11 is 1.32. The lowest BCUT2D eigenvalue weighted by Gasteiger charge is -2.15. The number of hydrogen-bond acceptors (Lipinski definition) is 6. The van der Waals surface area contributed by atoms with Gasteiger partial charge in [-0.2, -0.15) is 0 Å². The molecule has 2 heterocycles. The number of para-hydroxylation sites is 2. The molecule has 3 aromatic rings. The summed E-state index contributed by atoms with van der Waals surface area (Å²) in [5.41, 5.74) is 2.27. The minimum absolute atomic E-state index is 0.148. The number of amidine groups is 1. The first-order chi connectivity index (χ1) is 15.2. The first kappa shape index (κ1) is 19.3. The van der Waals surface area contributed by atoms with Crippen LogP contribution in [0.25, 0.3) is 6.08 Å². The number of rotatable bonds is 4. The third-order valence-electron chi connectivity index (χ3n) is 4.81. The number of fused-ring (bicyclic) bond motifs is 1. The van der Waals surface area contributed by atoms with Crippen LogP contribution in [0.1, 0.15) is 5.56 Å². The molecule has 3 aromatic carbocycles. The molecule has 0 aliphatic carbocycles. The molecule has 1 fully saturated rings. The summed E-state index contributed by atoms with van der Waals surface area (Å²) < 4.78 is 16.4. The SMILES string of the molecule is COc1cc2c(cc1/C=C1/SC(=Nc3ccccc3)N(c3ccccc3)C1=O)OCO2. The Morgan fingerprint density at radius 1 is 1.00 bits per heavy atom. The van der Waals surface area contributed by atoms with Gasteiger partial charge in [-0.05, 0) is 48.2 Å². The van der Waals surface area contributed by atoms with Crippen LogP contribution in [0.4, 0.5) is 11.4 Å². The van der Waals surface area contributed by atoms with Gasteiger partial charge in [0.15, 0.2) is 16.7 Å². The van der Waals surface area contributed by atoms with Gasteiger partial charge in [0, 0.05) is 11.6 Å². The smallest absolute Gasteiger partial charge is 0.271 e. The maximum Gasteiger partial charge on any atom is 0.271 e. The monoisotopic (exact) mass is 430 g/mol. The molecule has 0 bridgehead atoms. The van der Waals surface area contributed by atoms with Gasteiger partial charge in [-0.25, -0.2) is 4.99 Å². The molecular formula is C24H18N2O4S. The molecule has 1 amide bonds. The highest BCUT2D eigenvalue weighted by molar-refractivity contribution is 8.19. The molecule has 2 aliphatic rings. The molecule has 0 saturated carbocycles. The van der Waals surface area contributed by atoms with E-state index in [-0.39, 0.29) is 12.7 Å². The fourth-order valence-electron chi connectivity index (χ4n) is 3.34. The molecule has 2 aliphatic heterocycles. The predicted molar refractivity (Wildman–Crippen MR) is 122 cm³/mol. The van der Waals surface area contributed by atoms with E-state index in [2.05, 4.69) is 0 Å². The fraction of sp³-hybridized carbons (Fsp3) is 0.0833. The van der Waals surface area contributed by atoms with Crippen molar-refractivity contribution in [1.82, 2.24) is 0 Å². The molecule has 0 aromatic heterocycles. The van der Waals surface area contributed by atoms with E-state index in [4.69, 9.17) is 19.2 Å². The third-order valence-corrected chi connectivity index (χ3v) is 5.78. The third kappa shape index (κ3) is 3.75. The van der Waals surface area contributed by atoms with E-state index >= 15 is 0 Å². The Morgan fingerprint density at radius 2 is 1.68 bits per heavy atom. The number of hydrogen-bond donors (Lipinski definition) is 0. The fourth-order valence-corrected chi connectivity index (χ4v) is 4.33. The highest BCUT2D eigenvalue weighted by Crippen LogP contribution is 2.42. The summed E-state index contributed by atoms with van der Waals surface area (Å²) in [7, 11) is 1.59. The second kappa shape index (κ2) is 8.20. The van der Waals surface area contributed by atoms with Crippen molar-refractivity contribution in [3.8, 4) is 17.2 Å². The molecule has 0 radical (unpaired) electrons. The second-order valence-corrected chi connectivity index (χ2v) is 7.77. The molecule has 0 atom stereocenters. The molecule has 1 saturated heterocycles. The number of benzene rings is 3. The van der Waals surface area contributed by atoms with Crippen molar-refractivity contribution in [1.29, 1.82) is 0 Å². The number of carbonyl (C=O) groups excluding carboxylic acids is 1. The first-order valence-electron chi connectivity index (χ1n) is 9.63. The molecule has 5 rings (SSSR count). The Hall–Kier alpha value is -3.71. The summed E-state index contributed by atoms with van der Waals surface area (Å²) in [4.78, 5) is 20.3. The molecule has 154 valence electrons. The van der Waals surface area contributed by atoms with E-state index in [1.807, 2.05) is 66.7 Å². The summed E-state index contributed by atoms with van der Waals surface area (Å²) in [5.74, 6) is 1.71. The maximum atomic E-state index is 13.4. The normalized spacial score (nSPS) is 17.6. The number of carbonyl (C=O) groups is 1. The standard InChI is InChI=1S/C24H18N2O4S/c1-28-19-14-21-20(29-15-30-21)12-16(19)13-22-23(27)26(18-10-6-3-7-11-18)24(31-22)25-17-8-4-2-5-9-17/h2-14H,15H2,1H3/b22-13+,25-24?. The van der Waals surface area contributed by atoms with E-state index in [0.29, 0.717) is 27.3 Å².